The molecular weight excluding hydrogens is 200 g/mol. The minimum atomic E-state index is 0.546. The first kappa shape index (κ1) is 13.2. The average Bonchev–Trinajstić information content (AvgIpc) is 2.70. The lowest BCUT2D eigenvalue weighted by molar-refractivity contribution is 0.439. The number of hydrogen-bond acceptors (Lipinski definition) is 3. The quantitative estimate of drug-likeness (QED) is 0.772. The molecule has 1 unspecified atom stereocenters. The smallest absolute Gasteiger partial charge is 0.140 e. The molecule has 0 aliphatic carbocycles. The van der Waals surface area contributed by atoms with Gasteiger partial charge in [-0.25, -0.2) is 9.67 Å². The van der Waals surface area contributed by atoms with Crippen LogP contribution in [0, 0.1) is 5.92 Å². The summed E-state index contributed by atoms with van der Waals surface area (Å²) in [6, 6.07) is 0.546. The standard InChI is InChI=1S/C12H24N4/c1-5-16-12(14-9-15-16)8-13-11(4)7-6-10(2)3/h9-11,13H,5-8H2,1-4H3. The van der Waals surface area contributed by atoms with Gasteiger partial charge in [-0.15, -0.1) is 0 Å². The minimum absolute atomic E-state index is 0.546. The van der Waals surface area contributed by atoms with E-state index in [9.17, 15) is 0 Å². The summed E-state index contributed by atoms with van der Waals surface area (Å²) in [5.41, 5.74) is 0. The fourth-order valence-electron chi connectivity index (χ4n) is 1.64. The second-order valence-electron chi connectivity index (χ2n) is 4.75. The van der Waals surface area contributed by atoms with E-state index in [4.69, 9.17) is 0 Å². The molecule has 1 N–H and O–H groups in total. The Balaban J connectivity index is 2.28. The van der Waals surface area contributed by atoms with Gasteiger partial charge < -0.3 is 5.32 Å². The molecule has 0 radical (unpaired) electrons. The number of aromatic nitrogens is 3. The molecule has 0 spiro atoms. The molecule has 92 valence electrons. The molecule has 1 atom stereocenters. The van der Waals surface area contributed by atoms with Crippen LogP contribution in [-0.2, 0) is 13.1 Å². The Hall–Kier alpha value is -0.900. The highest BCUT2D eigenvalue weighted by Crippen LogP contribution is 2.06. The van der Waals surface area contributed by atoms with Crippen LogP contribution in [0.3, 0.4) is 0 Å². The van der Waals surface area contributed by atoms with Crippen LogP contribution in [0.5, 0.6) is 0 Å². The van der Waals surface area contributed by atoms with Gasteiger partial charge in [0.05, 0.1) is 6.54 Å². The molecule has 0 amide bonds. The second kappa shape index (κ2) is 6.63. The lowest BCUT2D eigenvalue weighted by atomic mass is 10.0. The van der Waals surface area contributed by atoms with Crippen molar-refractivity contribution in [1.82, 2.24) is 20.1 Å². The van der Waals surface area contributed by atoms with E-state index in [1.807, 2.05) is 4.68 Å². The monoisotopic (exact) mass is 224 g/mol. The Morgan fingerprint density at radius 3 is 2.69 bits per heavy atom. The predicted octanol–water partition coefficient (Wildman–Crippen LogP) is 2.21. The zero-order chi connectivity index (χ0) is 12.0. The average molecular weight is 224 g/mol. The van der Waals surface area contributed by atoms with Crippen LogP contribution in [-0.4, -0.2) is 20.8 Å². The highest BCUT2D eigenvalue weighted by Gasteiger charge is 2.06. The van der Waals surface area contributed by atoms with E-state index >= 15 is 0 Å². The molecule has 0 bridgehead atoms. The molecule has 1 rings (SSSR count). The third-order valence-corrected chi connectivity index (χ3v) is 2.78. The summed E-state index contributed by atoms with van der Waals surface area (Å²) in [5, 5.41) is 7.64. The number of rotatable bonds is 7. The van der Waals surface area contributed by atoms with Crippen molar-refractivity contribution in [2.75, 3.05) is 0 Å². The maximum atomic E-state index is 4.24. The molecule has 1 aromatic rings. The van der Waals surface area contributed by atoms with Crippen molar-refractivity contribution in [3.63, 3.8) is 0 Å². The van der Waals surface area contributed by atoms with Gasteiger partial charge in [0.25, 0.3) is 0 Å². The number of hydrogen-bond donors (Lipinski definition) is 1. The topological polar surface area (TPSA) is 42.7 Å². The highest BCUT2D eigenvalue weighted by molar-refractivity contribution is 4.84. The van der Waals surface area contributed by atoms with E-state index < -0.39 is 0 Å². The zero-order valence-electron chi connectivity index (χ0n) is 10.9. The Labute approximate surface area is 98.5 Å². The van der Waals surface area contributed by atoms with Gasteiger partial charge in [0, 0.05) is 12.6 Å². The summed E-state index contributed by atoms with van der Waals surface area (Å²) in [7, 11) is 0. The fraction of sp³-hybridized carbons (Fsp3) is 0.833. The molecule has 1 heterocycles. The van der Waals surface area contributed by atoms with Crippen LogP contribution >= 0.6 is 0 Å². The van der Waals surface area contributed by atoms with Crippen LogP contribution in [0.2, 0.25) is 0 Å². The largest absolute Gasteiger partial charge is 0.307 e. The first-order chi connectivity index (χ1) is 7.63. The maximum Gasteiger partial charge on any atom is 0.140 e. The van der Waals surface area contributed by atoms with Crippen molar-refractivity contribution in [2.24, 2.45) is 5.92 Å². The maximum absolute atomic E-state index is 4.24. The van der Waals surface area contributed by atoms with Crippen LogP contribution < -0.4 is 5.32 Å². The summed E-state index contributed by atoms with van der Waals surface area (Å²) in [6.07, 6.45) is 4.12. The Morgan fingerprint density at radius 2 is 2.06 bits per heavy atom. The molecule has 1 aromatic heterocycles. The van der Waals surface area contributed by atoms with Crippen LogP contribution in [0.1, 0.15) is 46.4 Å². The van der Waals surface area contributed by atoms with Gasteiger partial charge in [-0.2, -0.15) is 5.10 Å². The molecule has 0 saturated carbocycles. The Kier molecular flexibility index (Phi) is 5.46. The van der Waals surface area contributed by atoms with Crippen molar-refractivity contribution in [3.8, 4) is 0 Å². The highest BCUT2D eigenvalue weighted by atomic mass is 15.3. The van der Waals surface area contributed by atoms with Gasteiger partial charge in [0.15, 0.2) is 0 Å². The molecule has 16 heavy (non-hydrogen) atoms. The normalized spacial score (nSPS) is 13.3. The van der Waals surface area contributed by atoms with Crippen molar-refractivity contribution in [1.29, 1.82) is 0 Å². The van der Waals surface area contributed by atoms with Crippen molar-refractivity contribution in [2.45, 2.75) is 59.7 Å². The molecule has 0 aliphatic heterocycles. The lowest BCUT2D eigenvalue weighted by Crippen LogP contribution is -2.27. The summed E-state index contributed by atoms with van der Waals surface area (Å²) >= 11 is 0. The van der Waals surface area contributed by atoms with Crippen molar-refractivity contribution >= 4 is 0 Å². The molecular formula is C12H24N4. The Bertz CT molecular complexity index is 293. The van der Waals surface area contributed by atoms with Crippen LogP contribution in [0.15, 0.2) is 6.33 Å². The van der Waals surface area contributed by atoms with E-state index in [1.54, 1.807) is 6.33 Å². The van der Waals surface area contributed by atoms with Gasteiger partial charge in [-0.05, 0) is 32.6 Å². The third kappa shape index (κ3) is 4.31. The predicted molar refractivity (Wildman–Crippen MR) is 66.1 cm³/mol. The van der Waals surface area contributed by atoms with Crippen LogP contribution in [0.4, 0.5) is 0 Å². The van der Waals surface area contributed by atoms with Gasteiger partial charge in [0.2, 0.25) is 0 Å². The number of nitrogens with zero attached hydrogens (tertiary/aromatic N) is 3. The zero-order valence-corrected chi connectivity index (χ0v) is 10.9. The van der Waals surface area contributed by atoms with Gasteiger partial charge in [-0.3, -0.25) is 0 Å². The second-order valence-corrected chi connectivity index (χ2v) is 4.75. The van der Waals surface area contributed by atoms with E-state index in [1.165, 1.54) is 12.8 Å². The lowest BCUT2D eigenvalue weighted by Gasteiger charge is -2.14. The van der Waals surface area contributed by atoms with Gasteiger partial charge >= 0.3 is 0 Å². The molecule has 0 aromatic carbocycles. The van der Waals surface area contributed by atoms with E-state index in [0.29, 0.717) is 6.04 Å². The molecule has 0 aliphatic rings. The fourth-order valence-corrected chi connectivity index (χ4v) is 1.64. The first-order valence-electron chi connectivity index (χ1n) is 6.23. The van der Waals surface area contributed by atoms with Crippen LogP contribution in [0.25, 0.3) is 0 Å². The summed E-state index contributed by atoms with van der Waals surface area (Å²) in [5.74, 6) is 1.81. The van der Waals surface area contributed by atoms with Gasteiger partial charge in [0.1, 0.15) is 12.2 Å². The Morgan fingerprint density at radius 1 is 1.31 bits per heavy atom. The summed E-state index contributed by atoms with van der Waals surface area (Å²) < 4.78 is 1.93. The van der Waals surface area contributed by atoms with E-state index in [0.717, 1.165) is 24.8 Å². The van der Waals surface area contributed by atoms with Gasteiger partial charge in [-0.1, -0.05) is 13.8 Å². The van der Waals surface area contributed by atoms with Crippen molar-refractivity contribution in [3.05, 3.63) is 12.2 Å². The third-order valence-electron chi connectivity index (χ3n) is 2.78. The molecule has 0 fully saturated rings. The van der Waals surface area contributed by atoms with E-state index in [2.05, 4.69) is 43.1 Å². The molecule has 0 saturated heterocycles. The van der Waals surface area contributed by atoms with Crippen molar-refractivity contribution < 1.29 is 0 Å². The number of nitrogens with one attached hydrogen (secondary N) is 1. The number of aryl methyl sites for hydroxylation is 1. The minimum Gasteiger partial charge on any atom is -0.307 e. The summed E-state index contributed by atoms with van der Waals surface area (Å²) in [6.45, 7) is 10.5. The summed E-state index contributed by atoms with van der Waals surface area (Å²) in [4.78, 5) is 4.24. The first-order valence-corrected chi connectivity index (χ1v) is 6.23. The molecule has 4 heteroatoms. The molecule has 4 nitrogen and oxygen atoms in total. The SMILES string of the molecule is CCn1ncnc1CNC(C)CCC(C)C. The van der Waals surface area contributed by atoms with E-state index in [-0.39, 0.29) is 0 Å².